The maximum atomic E-state index is 12.2. The summed E-state index contributed by atoms with van der Waals surface area (Å²) >= 11 is 6.56. The molecule has 1 saturated heterocycles. The van der Waals surface area contributed by atoms with Gasteiger partial charge in [-0.3, -0.25) is 9.69 Å². The summed E-state index contributed by atoms with van der Waals surface area (Å²) in [6, 6.07) is 3.75. The fraction of sp³-hybridized carbons (Fsp3) is 0.333. The maximum absolute atomic E-state index is 12.2. The maximum Gasteiger partial charge on any atom is 0.266 e. The van der Waals surface area contributed by atoms with Gasteiger partial charge in [0.2, 0.25) is 0 Å². The van der Waals surface area contributed by atoms with Gasteiger partial charge in [-0.1, -0.05) is 30.9 Å². The molecule has 0 N–H and O–H groups in total. The van der Waals surface area contributed by atoms with Crippen LogP contribution < -0.4 is 0 Å². The Hall–Kier alpha value is -1.07. The fourth-order valence-corrected chi connectivity index (χ4v) is 2.99. The molecule has 1 amide bonds. The number of carbonyl (C=O) groups excluding carboxylic acids is 1. The Morgan fingerprint density at radius 2 is 2.41 bits per heavy atom. The number of carbonyl (C=O) groups is 1. The van der Waals surface area contributed by atoms with Crippen LogP contribution in [0.25, 0.3) is 6.08 Å². The molecule has 90 valence electrons. The van der Waals surface area contributed by atoms with Crippen LogP contribution in [-0.4, -0.2) is 21.2 Å². The fourth-order valence-electron chi connectivity index (χ4n) is 1.55. The van der Waals surface area contributed by atoms with Gasteiger partial charge in [0.05, 0.1) is 11.2 Å². The van der Waals surface area contributed by atoms with E-state index in [1.807, 2.05) is 19.9 Å². The van der Waals surface area contributed by atoms with Gasteiger partial charge in [0.15, 0.2) is 0 Å². The molecule has 1 aromatic heterocycles. The van der Waals surface area contributed by atoms with Crippen LogP contribution in [-0.2, 0) is 4.79 Å². The number of amides is 1. The van der Waals surface area contributed by atoms with E-state index in [0.717, 1.165) is 6.42 Å². The molecular weight excluding hydrogens is 254 g/mol. The van der Waals surface area contributed by atoms with E-state index >= 15 is 0 Å². The van der Waals surface area contributed by atoms with Gasteiger partial charge in [0.1, 0.15) is 10.1 Å². The molecule has 1 fully saturated rings. The summed E-state index contributed by atoms with van der Waals surface area (Å²) in [4.78, 5) is 14.5. The zero-order valence-electron chi connectivity index (χ0n) is 9.67. The van der Waals surface area contributed by atoms with Crippen molar-refractivity contribution in [2.75, 3.05) is 0 Å². The standard InChI is InChI=1S/C12H13NO2S2/c1-3-8(2)13-11(14)10(17-12(13)16)7-9-5-4-6-15-9/h4-8H,3H2,1-2H3/t8-/m0/s1. The lowest BCUT2D eigenvalue weighted by molar-refractivity contribution is -0.123. The van der Waals surface area contributed by atoms with Crippen molar-refractivity contribution in [3.8, 4) is 0 Å². The third-order valence-corrected chi connectivity index (χ3v) is 4.00. The lowest BCUT2D eigenvalue weighted by Crippen LogP contribution is -2.36. The lowest BCUT2D eigenvalue weighted by atomic mass is 10.2. The normalized spacial score (nSPS) is 20.4. The lowest BCUT2D eigenvalue weighted by Gasteiger charge is -2.21. The Kier molecular flexibility index (Phi) is 3.69. The average Bonchev–Trinajstić information content (AvgIpc) is 2.89. The smallest absolute Gasteiger partial charge is 0.266 e. The van der Waals surface area contributed by atoms with Crippen molar-refractivity contribution < 1.29 is 9.21 Å². The summed E-state index contributed by atoms with van der Waals surface area (Å²) in [5, 5.41) is 0. The number of furan rings is 1. The van der Waals surface area contributed by atoms with Crippen molar-refractivity contribution in [3.63, 3.8) is 0 Å². The molecule has 1 aliphatic heterocycles. The highest BCUT2D eigenvalue weighted by Crippen LogP contribution is 2.34. The zero-order chi connectivity index (χ0) is 12.4. The third-order valence-electron chi connectivity index (χ3n) is 2.67. The second-order valence-electron chi connectivity index (χ2n) is 3.82. The van der Waals surface area contributed by atoms with Gasteiger partial charge in [0, 0.05) is 12.1 Å². The first-order valence-electron chi connectivity index (χ1n) is 5.44. The van der Waals surface area contributed by atoms with Crippen molar-refractivity contribution in [1.29, 1.82) is 0 Å². The molecule has 5 heteroatoms. The Bertz CT molecular complexity index is 465. The first-order chi connectivity index (χ1) is 8.13. The third kappa shape index (κ3) is 2.45. The second-order valence-corrected chi connectivity index (χ2v) is 5.50. The summed E-state index contributed by atoms with van der Waals surface area (Å²) in [5.74, 6) is 0.653. The van der Waals surface area contributed by atoms with E-state index in [0.29, 0.717) is 15.0 Å². The van der Waals surface area contributed by atoms with Crippen molar-refractivity contribution >= 4 is 40.3 Å². The first kappa shape index (κ1) is 12.4. The summed E-state index contributed by atoms with van der Waals surface area (Å²) in [6.45, 7) is 4.04. The van der Waals surface area contributed by atoms with Gasteiger partial charge >= 0.3 is 0 Å². The van der Waals surface area contributed by atoms with Crippen molar-refractivity contribution in [1.82, 2.24) is 4.90 Å². The number of thiocarbonyl (C=S) groups is 1. The molecule has 2 heterocycles. The predicted molar refractivity (Wildman–Crippen MR) is 73.5 cm³/mol. The quantitative estimate of drug-likeness (QED) is 0.621. The van der Waals surface area contributed by atoms with Crippen LogP contribution in [0, 0.1) is 0 Å². The van der Waals surface area contributed by atoms with Crippen molar-refractivity contribution in [2.24, 2.45) is 0 Å². The van der Waals surface area contributed by atoms with Gasteiger partial charge in [-0.15, -0.1) is 0 Å². The summed E-state index contributed by atoms with van der Waals surface area (Å²) < 4.78 is 5.82. The van der Waals surface area contributed by atoms with Crippen molar-refractivity contribution in [3.05, 3.63) is 29.1 Å². The van der Waals surface area contributed by atoms with Crippen LogP contribution in [0.3, 0.4) is 0 Å². The van der Waals surface area contributed by atoms with Gasteiger partial charge < -0.3 is 4.42 Å². The number of rotatable bonds is 3. The summed E-state index contributed by atoms with van der Waals surface area (Å²) in [6.07, 6.45) is 4.21. The van der Waals surface area contributed by atoms with Gasteiger partial charge in [0.25, 0.3) is 5.91 Å². The van der Waals surface area contributed by atoms with Crippen LogP contribution in [0.5, 0.6) is 0 Å². The molecule has 1 atom stereocenters. The van der Waals surface area contributed by atoms with E-state index in [9.17, 15) is 4.79 Å². The Labute approximate surface area is 110 Å². The van der Waals surface area contributed by atoms with E-state index in [2.05, 4.69) is 0 Å². The van der Waals surface area contributed by atoms with Crippen LogP contribution in [0.4, 0.5) is 0 Å². The summed E-state index contributed by atoms with van der Waals surface area (Å²) in [7, 11) is 0. The molecule has 0 aliphatic carbocycles. The predicted octanol–water partition coefficient (Wildman–Crippen LogP) is 3.28. The van der Waals surface area contributed by atoms with Crippen LogP contribution in [0.15, 0.2) is 27.7 Å². The number of thioether (sulfide) groups is 1. The molecule has 0 aromatic carbocycles. The van der Waals surface area contributed by atoms with Crippen LogP contribution in [0.2, 0.25) is 0 Å². The number of hydrogen-bond donors (Lipinski definition) is 0. The highest BCUT2D eigenvalue weighted by atomic mass is 32.2. The topological polar surface area (TPSA) is 33.5 Å². The minimum atomic E-state index is -0.0225. The largest absolute Gasteiger partial charge is 0.465 e. The second kappa shape index (κ2) is 5.06. The van der Waals surface area contributed by atoms with Crippen LogP contribution >= 0.6 is 24.0 Å². The Balaban J connectivity index is 2.24. The van der Waals surface area contributed by atoms with Gasteiger partial charge in [-0.25, -0.2) is 0 Å². The molecule has 2 rings (SSSR count). The molecule has 0 spiro atoms. The monoisotopic (exact) mass is 267 g/mol. The first-order valence-corrected chi connectivity index (χ1v) is 6.66. The molecule has 3 nitrogen and oxygen atoms in total. The minimum Gasteiger partial charge on any atom is -0.465 e. The van der Waals surface area contributed by atoms with Gasteiger partial charge in [-0.2, -0.15) is 0 Å². The molecule has 0 unspecified atom stereocenters. The Morgan fingerprint density at radius 3 is 3.00 bits per heavy atom. The number of nitrogens with zero attached hydrogens (tertiary/aromatic N) is 1. The zero-order valence-corrected chi connectivity index (χ0v) is 11.3. The van der Waals surface area contributed by atoms with E-state index < -0.39 is 0 Å². The molecule has 1 aliphatic rings. The van der Waals surface area contributed by atoms with Gasteiger partial charge in [-0.05, 0) is 25.5 Å². The average molecular weight is 267 g/mol. The van der Waals surface area contributed by atoms with E-state index in [1.54, 1.807) is 23.3 Å². The molecule has 17 heavy (non-hydrogen) atoms. The van der Waals surface area contributed by atoms with Crippen molar-refractivity contribution in [2.45, 2.75) is 26.3 Å². The SMILES string of the molecule is CC[C@H](C)N1C(=O)C(=Cc2ccco2)SC1=S. The van der Waals surface area contributed by atoms with E-state index in [1.165, 1.54) is 11.8 Å². The van der Waals surface area contributed by atoms with E-state index in [-0.39, 0.29) is 11.9 Å². The number of hydrogen-bond acceptors (Lipinski definition) is 4. The molecule has 0 bridgehead atoms. The minimum absolute atomic E-state index is 0.0225. The molecular formula is C12H13NO2S2. The summed E-state index contributed by atoms with van der Waals surface area (Å²) in [5.41, 5.74) is 0. The van der Waals surface area contributed by atoms with E-state index in [4.69, 9.17) is 16.6 Å². The molecule has 1 aromatic rings. The van der Waals surface area contributed by atoms with Crippen LogP contribution in [0.1, 0.15) is 26.0 Å². The highest BCUT2D eigenvalue weighted by molar-refractivity contribution is 8.26. The molecule has 0 radical (unpaired) electrons. The Morgan fingerprint density at radius 1 is 1.65 bits per heavy atom. The highest BCUT2D eigenvalue weighted by Gasteiger charge is 2.34. The molecule has 0 saturated carbocycles.